The normalized spacial score (nSPS) is 12.2. The van der Waals surface area contributed by atoms with Crippen LogP contribution in [0.4, 0.5) is 0 Å². The minimum Gasteiger partial charge on any atom is -0.462 e. The highest BCUT2D eigenvalue weighted by atomic mass is 16.6. The number of unbranched alkanes of at least 4 members (excludes halogenated alkanes) is 52. The van der Waals surface area contributed by atoms with Crippen LogP contribution in [0, 0.1) is 0 Å². The summed E-state index contributed by atoms with van der Waals surface area (Å²) in [6.45, 7) is 6.64. The summed E-state index contributed by atoms with van der Waals surface area (Å²) in [6.07, 6.45) is 89.5. The quantitative estimate of drug-likeness (QED) is 0.0261. The smallest absolute Gasteiger partial charge is 0.306 e. The Morgan fingerprint density at radius 2 is 0.439 bits per heavy atom. The van der Waals surface area contributed by atoms with Crippen LogP contribution >= 0.6 is 0 Å². The molecule has 1 atom stereocenters. The molecule has 6 heteroatoms. The van der Waals surface area contributed by atoms with Gasteiger partial charge in [0.15, 0.2) is 6.10 Å². The van der Waals surface area contributed by atoms with Crippen molar-refractivity contribution in [3.63, 3.8) is 0 Å². The van der Waals surface area contributed by atoms with Gasteiger partial charge in [-0.25, -0.2) is 0 Å². The van der Waals surface area contributed by atoms with Crippen LogP contribution in [0.2, 0.25) is 0 Å². The topological polar surface area (TPSA) is 78.9 Å². The Kier molecular flexibility index (Phi) is 69.1. The number of ether oxygens (including phenoxy) is 3. The lowest BCUT2D eigenvalue weighted by atomic mass is 10.0. The first-order valence-corrected chi connectivity index (χ1v) is 37.0. The highest BCUT2D eigenvalue weighted by Gasteiger charge is 2.19. The Morgan fingerprint density at radius 3 is 0.683 bits per heavy atom. The molecule has 0 fully saturated rings. The van der Waals surface area contributed by atoms with Gasteiger partial charge in [-0.05, 0) is 57.8 Å². The summed E-state index contributed by atoms with van der Waals surface area (Å²) in [5, 5.41) is 0. The van der Waals surface area contributed by atoms with Crippen molar-refractivity contribution in [2.24, 2.45) is 0 Å². The van der Waals surface area contributed by atoms with E-state index in [1.54, 1.807) is 0 Å². The van der Waals surface area contributed by atoms with Crippen LogP contribution in [-0.4, -0.2) is 37.2 Å². The third-order valence-corrected chi connectivity index (χ3v) is 16.9. The highest BCUT2D eigenvalue weighted by Crippen LogP contribution is 2.19. The fourth-order valence-electron chi connectivity index (χ4n) is 11.3. The van der Waals surface area contributed by atoms with Gasteiger partial charge in [0.2, 0.25) is 0 Å². The number of esters is 3. The van der Waals surface area contributed by atoms with Gasteiger partial charge in [0.1, 0.15) is 13.2 Å². The minimum atomic E-state index is -0.766. The molecule has 0 aliphatic carbocycles. The van der Waals surface area contributed by atoms with E-state index in [1.165, 1.54) is 302 Å². The van der Waals surface area contributed by atoms with Crippen LogP contribution in [0.3, 0.4) is 0 Å². The van der Waals surface area contributed by atoms with Gasteiger partial charge in [0, 0.05) is 19.3 Å². The van der Waals surface area contributed by atoms with Crippen molar-refractivity contribution in [2.45, 2.75) is 419 Å². The average Bonchev–Trinajstić information content (AvgIpc) is 3.47. The number of allylic oxidation sites excluding steroid dienone is 6. The molecule has 482 valence electrons. The number of carbonyl (C=O) groups is 3. The first-order chi connectivity index (χ1) is 40.5. The monoisotopic (exact) mass is 1150 g/mol. The van der Waals surface area contributed by atoms with E-state index in [2.05, 4.69) is 57.2 Å². The van der Waals surface area contributed by atoms with E-state index < -0.39 is 6.10 Å². The van der Waals surface area contributed by atoms with Crippen molar-refractivity contribution < 1.29 is 28.6 Å². The lowest BCUT2D eigenvalue weighted by Crippen LogP contribution is -2.30. The van der Waals surface area contributed by atoms with Crippen LogP contribution in [0.25, 0.3) is 0 Å². The summed E-state index contributed by atoms with van der Waals surface area (Å²) < 4.78 is 16.9. The zero-order valence-corrected chi connectivity index (χ0v) is 55.5. The number of rotatable bonds is 69. The van der Waals surface area contributed by atoms with Gasteiger partial charge in [-0.2, -0.15) is 0 Å². The third-order valence-electron chi connectivity index (χ3n) is 16.9. The van der Waals surface area contributed by atoms with Crippen molar-refractivity contribution in [3.8, 4) is 0 Å². The van der Waals surface area contributed by atoms with E-state index >= 15 is 0 Å². The van der Waals surface area contributed by atoms with Gasteiger partial charge in [0.25, 0.3) is 0 Å². The Bertz CT molecular complexity index is 1370. The Morgan fingerprint density at radius 1 is 0.244 bits per heavy atom. The van der Waals surface area contributed by atoms with Crippen LogP contribution in [-0.2, 0) is 28.6 Å². The molecule has 0 spiro atoms. The van der Waals surface area contributed by atoms with Gasteiger partial charge in [0.05, 0.1) is 0 Å². The predicted molar refractivity (Wildman–Crippen MR) is 358 cm³/mol. The molecule has 0 bridgehead atoms. The maximum atomic E-state index is 12.9. The molecular formula is C76H142O6. The molecule has 0 aromatic heterocycles. The first kappa shape index (κ1) is 79.6. The van der Waals surface area contributed by atoms with Crippen LogP contribution in [0.1, 0.15) is 412 Å². The molecule has 82 heavy (non-hydrogen) atoms. The van der Waals surface area contributed by atoms with E-state index in [0.717, 1.165) is 70.6 Å². The molecule has 0 saturated carbocycles. The van der Waals surface area contributed by atoms with Crippen LogP contribution in [0.5, 0.6) is 0 Å². The van der Waals surface area contributed by atoms with Gasteiger partial charge in [-0.1, -0.05) is 372 Å². The molecule has 1 unspecified atom stereocenters. The van der Waals surface area contributed by atoms with Gasteiger partial charge in [-0.15, -0.1) is 0 Å². The predicted octanol–water partition coefficient (Wildman–Crippen LogP) is 25.5. The van der Waals surface area contributed by atoms with E-state index in [4.69, 9.17) is 14.2 Å². The molecular weight excluding hydrogens is 1010 g/mol. The largest absolute Gasteiger partial charge is 0.462 e. The van der Waals surface area contributed by atoms with E-state index in [0.29, 0.717) is 19.3 Å². The lowest BCUT2D eigenvalue weighted by molar-refractivity contribution is -0.167. The summed E-state index contributed by atoms with van der Waals surface area (Å²) in [5.74, 6) is -0.847. The van der Waals surface area contributed by atoms with Crippen molar-refractivity contribution in [1.82, 2.24) is 0 Å². The maximum absolute atomic E-state index is 12.9. The maximum Gasteiger partial charge on any atom is 0.306 e. The molecule has 0 aromatic carbocycles. The molecule has 0 radical (unpaired) electrons. The highest BCUT2D eigenvalue weighted by molar-refractivity contribution is 5.71. The second-order valence-electron chi connectivity index (χ2n) is 25.2. The summed E-state index contributed by atoms with van der Waals surface area (Å²) in [7, 11) is 0. The fraction of sp³-hybridized carbons (Fsp3) is 0.882. The van der Waals surface area contributed by atoms with E-state index in [-0.39, 0.29) is 31.1 Å². The second-order valence-corrected chi connectivity index (χ2v) is 25.2. The van der Waals surface area contributed by atoms with Gasteiger partial charge < -0.3 is 14.2 Å². The van der Waals surface area contributed by atoms with Crippen molar-refractivity contribution in [2.75, 3.05) is 13.2 Å². The molecule has 0 aliphatic rings. The van der Waals surface area contributed by atoms with Crippen molar-refractivity contribution >= 4 is 17.9 Å². The van der Waals surface area contributed by atoms with Gasteiger partial charge >= 0.3 is 17.9 Å². The SMILES string of the molecule is CCCCCCC/C=C\C/C=C\C/C=C\CCCCCCCCCCCCCCCCCCC(=O)OCC(COC(=O)CCCCCCCC)OC(=O)CCCCCCCCCCCCCCCCCCCCCCCCCCCCC. The lowest BCUT2D eigenvalue weighted by Gasteiger charge is -2.18. The zero-order chi connectivity index (χ0) is 59.2. The molecule has 0 aromatic rings. The Labute approximate surface area is 512 Å². The second kappa shape index (κ2) is 71.1. The molecule has 0 heterocycles. The van der Waals surface area contributed by atoms with Crippen molar-refractivity contribution in [1.29, 1.82) is 0 Å². The number of hydrogen-bond donors (Lipinski definition) is 0. The van der Waals surface area contributed by atoms with E-state index in [1.807, 2.05) is 0 Å². The molecule has 0 amide bonds. The Hall–Kier alpha value is -2.37. The first-order valence-electron chi connectivity index (χ1n) is 37.0. The summed E-state index contributed by atoms with van der Waals surface area (Å²) in [5.41, 5.74) is 0. The molecule has 0 rings (SSSR count). The summed E-state index contributed by atoms with van der Waals surface area (Å²) in [6, 6.07) is 0. The summed E-state index contributed by atoms with van der Waals surface area (Å²) in [4.78, 5) is 38.1. The average molecular weight is 1150 g/mol. The van der Waals surface area contributed by atoms with E-state index in [9.17, 15) is 14.4 Å². The molecule has 0 N–H and O–H groups in total. The molecule has 0 aliphatic heterocycles. The third kappa shape index (κ3) is 68.4. The fourth-order valence-corrected chi connectivity index (χ4v) is 11.3. The Balaban J connectivity index is 3.95. The standard InChI is InChI=1S/C76H142O6/c1-4-7-10-13-16-18-20-22-24-26-28-30-32-34-36-37-38-39-41-42-44-46-48-50-52-54-56-58-60-63-66-69-75(78)81-72-73(71-80-74(77)68-65-62-15-12-9-6-3)82-76(79)70-67-64-61-59-57-55-53-51-49-47-45-43-40-35-33-31-29-27-25-23-21-19-17-14-11-8-5-2/h20,22,26,28,32,34,73H,4-19,21,23-25,27,29-31,33,35-72H2,1-3H3/b22-20-,28-26-,34-32-. The minimum absolute atomic E-state index is 0.0662. The summed E-state index contributed by atoms with van der Waals surface area (Å²) >= 11 is 0. The molecule has 6 nitrogen and oxygen atoms in total. The van der Waals surface area contributed by atoms with Crippen molar-refractivity contribution in [3.05, 3.63) is 36.5 Å². The van der Waals surface area contributed by atoms with Gasteiger partial charge in [-0.3, -0.25) is 14.4 Å². The van der Waals surface area contributed by atoms with Crippen LogP contribution < -0.4 is 0 Å². The number of hydrogen-bond acceptors (Lipinski definition) is 6. The van der Waals surface area contributed by atoms with Crippen LogP contribution in [0.15, 0.2) is 36.5 Å². The number of carbonyl (C=O) groups excluding carboxylic acids is 3. The molecule has 0 saturated heterocycles. The zero-order valence-electron chi connectivity index (χ0n) is 55.5.